The predicted molar refractivity (Wildman–Crippen MR) is 131 cm³/mol. The summed E-state index contributed by atoms with van der Waals surface area (Å²) in [5, 5.41) is 2.81. The van der Waals surface area contributed by atoms with Crippen LogP contribution in [0.2, 0.25) is 0 Å². The molecule has 0 saturated carbocycles. The molecule has 0 spiro atoms. The van der Waals surface area contributed by atoms with E-state index in [-0.39, 0.29) is 10.8 Å². The molecule has 0 aliphatic heterocycles. The average Bonchev–Trinajstić information content (AvgIpc) is 2.79. The third kappa shape index (κ3) is 5.49. The summed E-state index contributed by atoms with van der Waals surface area (Å²) < 4.78 is 34.0. The normalized spacial score (nSPS) is 11.1. The van der Waals surface area contributed by atoms with E-state index < -0.39 is 10.0 Å². The first-order chi connectivity index (χ1) is 15.4. The molecule has 6 nitrogen and oxygen atoms in total. The third-order valence-corrected chi connectivity index (χ3v) is 7.09. The van der Waals surface area contributed by atoms with Crippen LogP contribution in [0.1, 0.15) is 30.6 Å². The van der Waals surface area contributed by atoms with Crippen molar-refractivity contribution >= 4 is 43.2 Å². The van der Waals surface area contributed by atoms with Gasteiger partial charge in [0, 0.05) is 16.7 Å². The fourth-order valence-corrected chi connectivity index (χ4v) is 4.97. The molecule has 0 aromatic heterocycles. The standard InChI is InChI=1S/C24H25BrN2O4S/c1-3-16-31-23-15-10-18(25)17-22(23)24(28)26-19-11-13-21(14-12-19)32(29,30)27(4-2)20-8-6-5-7-9-20/h5-15,17H,3-4,16H2,1-2H3,(H,26,28). The quantitative estimate of drug-likeness (QED) is 0.395. The lowest BCUT2D eigenvalue weighted by molar-refractivity contribution is 0.102. The molecule has 0 aliphatic rings. The number of hydrogen-bond donors (Lipinski definition) is 1. The second-order valence-electron chi connectivity index (χ2n) is 6.97. The van der Waals surface area contributed by atoms with E-state index in [1.807, 2.05) is 19.1 Å². The molecular weight excluding hydrogens is 492 g/mol. The molecule has 0 unspecified atom stereocenters. The van der Waals surface area contributed by atoms with Crippen molar-refractivity contribution in [3.8, 4) is 5.75 Å². The van der Waals surface area contributed by atoms with Crippen molar-refractivity contribution in [3.05, 3.63) is 82.8 Å². The van der Waals surface area contributed by atoms with Gasteiger partial charge in [0.05, 0.1) is 22.8 Å². The monoisotopic (exact) mass is 516 g/mol. The van der Waals surface area contributed by atoms with Gasteiger partial charge in [0.25, 0.3) is 15.9 Å². The zero-order valence-corrected chi connectivity index (χ0v) is 20.3. The first-order valence-corrected chi connectivity index (χ1v) is 12.5. The molecule has 0 heterocycles. The Hall–Kier alpha value is -2.84. The first kappa shape index (κ1) is 23.8. The molecule has 168 valence electrons. The number of carbonyl (C=O) groups excluding carboxylic acids is 1. The highest BCUT2D eigenvalue weighted by molar-refractivity contribution is 9.10. The van der Waals surface area contributed by atoms with E-state index >= 15 is 0 Å². The van der Waals surface area contributed by atoms with Crippen molar-refractivity contribution in [2.45, 2.75) is 25.2 Å². The Kier molecular flexibility index (Phi) is 7.93. The van der Waals surface area contributed by atoms with Crippen LogP contribution in [0.15, 0.2) is 82.2 Å². The molecular formula is C24H25BrN2O4S. The van der Waals surface area contributed by atoms with Gasteiger partial charge < -0.3 is 10.1 Å². The van der Waals surface area contributed by atoms with Crippen LogP contribution in [0.3, 0.4) is 0 Å². The number of para-hydroxylation sites is 1. The lowest BCUT2D eigenvalue weighted by Gasteiger charge is -2.23. The lowest BCUT2D eigenvalue weighted by Crippen LogP contribution is -2.30. The van der Waals surface area contributed by atoms with Crippen molar-refractivity contribution in [3.63, 3.8) is 0 Å². The lowest BCUT2D eigenvalue weighted by atomic mass is 10.2. The molecule has 1 N–H and O–H groups in total. The molecule has 8 heteroatoms. The Bertz CT molecular complexity index is 1170. The van der Waals surface area contributed by atoms with Crippen LogP contribution in [0.25, 0.3) is 0 Å². The van der Waals surface area contributed by atoms with E-state index in [0.717, 1.165) is 10.9 Å². The minimum absolute atomic E-state index is 0.149. The molecule has 3 aromatic rings. The van der Waals surface area contributed by atoms with E-state index in [2.05, 4.69) is 21.2 Å². The molecule has 0 atom stereocenters. The van der Waals surface area contributed by atoms with Crippen molar-refractivity contribution < 1.29 is 17.9 Å². The molecule has 3 rings (SSSR count). The Morgan fingerprint density at radius 2 is 1.69 bits per heavy atom. The van der Waals surface area contributed by atoms with E-state index in [1.54, 1.807) is 55.5 Å². The number of rotatable bonds is 9. The number of anilines is 2. The maximum absolute atomic E-state index is 13.1. The molecule has 0 fully saturated rings. The second-order valence-corrected chi connectivity index (χ2v) is 9.75. The number of carbonyl (C=O) groups is 1. The van der Waals surface area contributed by atoms with Gasteiger partial charge in [0.15, 0.2) is 0 Å². The van der Waals surface area contributed by atoms with Crippen LogP contribution in [0.5, 0.6) is 5.75 Å². The van der Waals surface area contributed by atoms with Crippen LogP contribution >= 0.6 is 15.9 Å². The van der Waals surface area contributed by atoms with E-state index in [1.165, 1.54) is 16.4 Å². The molecule has 0 aliphatic carbocycles. The first-order valence-electron chi connectivity index (χ1n) is 10.3. The van der Waals surface area contributed by atoms with Gasteiger partial charge in [-0.2, -0.15) is 0 Å². The summed E-state index contributed by atoms with van der Waals surface area (Å²) in [6.07, 6.45) is 0.824. The summed E-state index contributed by atoms with van der Waals surface area (Å²) >= 11 is 3.38. The molecule has 3 aromatic carbocycles. The zero-order chi connectivity index (χ0) is 23.1. The second kappa shape index (κ2) is 10.7. The summed E-state index contributed by atoms with van der Waals surface area (Å²) in [5.74, 6) is 0.153. The molecule has 0 saturated heterocycles. The maximum Gasteiger partial charge on any atom is 0.264 e. The van der Waals surface area contributed by atoms with Crippen molar-refractivity contribution in [2.75, 3.05) is 22.8 Å². The number of sulfonamides is 1. The number of hydrogen-bond acceptors (Lipinski definition) is 4. The van der Waals surface area contributed by atoms with E-state index in [4.69, 9.17) is 4.74 Å². The van der Waals surface area contributed by atoms with Gasteiger partial charge in [-0.15, -0.1) is 0 Å². The molecule has 0 radical (unpaired) electrons. The van der Waals surface area contributed by atoms with Gasteiger partial charge in [-0.1, -0.05) is 41.1 Å². The van der Waals surface area contributed by atoms with Gasteiger partial charge >= 0.3 is 0 Å². The predicted octanol–water partition coefficient (Wildman–Crippen LogP) is 5.71. The Balaban J connectivity index is 1.80. The largest absolute Gasteiger partial charge is 0.493 e. The number of amides is 1. The maximum atomic E-state index is 13.1. The number of nitrogens with zero attached hydrogens (tertiary/aromatic N) is 1. The van der Waals surface area contributed by atoms with Gasteiger partial charge in [-0.25, -0.2) is 8.42 Å². The summed E-state index contributed by atoms with van der Waals surface area (Å²) in [5.41, 5.74) is 1.48. The highest BCUT2D eigenvalue weighted by Crippen LogP contribution is 2.26. The SMILES string of the molecule is CCCOc1ccc(Br)cc1C(=O)Nc1ccc(S(=O)(=O)N(CC)c2ccccc2)cc1. The summed E-state index contributed by atoms with van der Waals surface area (Å²) in [6, 6.07) is 20.3. The number of ether oxygens (including phenoxy) is 1. The highest BCUT2D eigenvalue weighted by atomic mass is 79.9. The van der Waals surface area contributed by atoms with Gasteiger partial charge in [0.2, 0.25) is 0 Å². The summed E-state index contributed by atoms with van der Waals surface area (Å²) in [4.78, 5) is 13.0. The summed E-state index contributed by atoms with van der Waals surface area (Å²) in [6.45, 7) is 4.58. The molecule has 32 heavy (non-hydrogen) atoms. The minimum Gasteiger partial charge on any atom is -0.493 e. The molecule has 0 bridgehead atoms. The Morgan fingerprint density at radius 1 is 1.00 bits per heavy atom. The van der Waals surface area contributed by atoms with E-state index in [0.29, 0.717) is 35.8 Å². The Labute approximate surface area is 197 Å². The van der Waals surface area contributed by atoms with Crippen LogP contribution < -0.4 is 14.4 Å². The van der Waals surface area contributed by atoms with Crippen LogP contribution in [0, 0.1) is 0 Å². The third-order valence-electron chi connectivity index (χ3n) is 4.68. The van der Waals surface area contributed by atoms with Gasteiger partial charge in [-0.3, -0.25) is 9.10 Å². The number of benzene rings is 3. The fraction of sp³-hybridized carbons (Fsp3) is 0.208. The van der Waals surface area contributed by atoms with Crippen molar-refractivity contribution in [1.29, 1.82) is 0 Å². The van der Waals surface area contributed by atoms with Crippen LogP contribution in [-0.2, 0) is 10.0 Å². The highest BCUT2D eigenvalue weighted by Gasteiger charge is 2.23. The van der Waals surface area contributed by atoms with Crippen LogP contribution in [0.4, 0.5) is 11.4 Å². The smallest absolute Gasteiger partial charge is 0.264 e. The van der Waals surface area contributed by atoms with Gasteiger partial charge in [0.1, 0.15) is 5.75 Å². The van der Waals surface area contributed by atoms with Gasteiger partial charge in [-0.05, 0) is 67.9 Å². The van der Waals surface area contributed by atoms with E-state index in [9.17, 15) is 13.2 Å². The van der Waals surface area contributed by atoms with Crippen LogP contribution in [-0.4, -0.2) is 27.5 Å². The Morgan fingerprint density at radius 3 is 2.31 bits per heavy atom. The summed E-state index contributed by atoms with van der Waals surface area (Å²) in [7, 11) is -3.73. The zero-order valence-electron chi connectivity index (χ0n) is 17.9. The fourth-order valence-electron chi connectivity index (χ4n) is 3.14. The average molecular weight is 517 g/mol. The number of halogens is 1. The topological polar surface area (TPSA) is 75.7 Å². The molecule has 1 amide bonds. The van der Waals surface area contributed by atoms with Crippen molar-refractivity contribution in [1.82, 2.24) is 0 Å². The minimum atomic E-state index is -3.73. The van der Waals surface area contributed by atoms with Crippen molar-refractivity contribution in [2.24, 2.45) is 0 Å². The number of nitrogens with one attached hydrogen (secondary N) is 1.